The minimum atomic E-state index is -1.92. The predicted octanol–water partition coefficient (Wildman–Crippen LogP) is 2.17. The average molecular weight is 246 g/mol. The lowest BCUT2D eigenvalue weighted by atomic mass is 10.5. The second-order valence-corrected chi connectivity index (χ2v) is 10.6. The molecule has 0 saturated heterocycles. The average Bonchev–Trinajstić information content (AvgIpc) is 2.16. The zero-order valence-electron chi connectivity index (χ0n) is 11.3. The number of hydrogen-bond donors (Lipinski definition) is 2. The van der Waals surface area contributed by atoms with Crippen LogP contribution in [0.3, 0.4) is 0 Å². The highest BCUT2D eigenvalue weighted by molar-refractivity contribution is 6.77. The molecule has 0 aliphatic heterocycles. The van der Waals surface area contributed by atoms with Gasteiger partial charge in [0.1, 0.15) is 6.61 Å². The Balaban J connectivity index is 4.84. The van der Waals surface area contributed by atoms with Gasteiger partial charge >= 0.3 is 0 Å². The van der Waals surface area contributed by atoms with E-state index < -0.39 is 8.32 Å². The summed E-state index contributed by atoms with van der Waals surface area (Å²) in [6.45, 7) is 13.2. The van der Waals surface area contributed by atoms with Crippen molar-refractivity contribution in [3.63, 3.8) is 0 Å². The van der Waals surface area contributed by atoms with Crippen LogP contribution in [0.1, 0.15) is 41.5 Å². The number of hydrogen-bond acceptors (Lipinski definition) is 3. The van der Waals surface area contributed by atoms with Crippen molar-refractivity contribution in [3.05, 3.63) is 0 Å². The van der Waals surface area contributed by atoms with Gasteiger partial charge in [-0.2, -0.15) is 0 Å². The minimum absolute atomic E-state index is 0.0806. The number of carbonyl (C=O) groups excluding carboxylic acids is 1. The van der Waals surface area contributed by atoms with Crippen molar-refractivity contribution in [3.8, 4) is 0 Å². The molecular weight excluding hydrogens is 220 g/mol. The topological polar surface area (TPSA) is 64.3 Å². The molecule has 3 N–H and O–H groups in total. The summed E-state index contributed by atoms with van der Waals surface area (Å²) in [4.78, 5) is 11.2. The molecule has 0 aromatic rings. The molecule has 5 heteroatoms. The van der Waals surface area contributed by atoms with Gasteiger partial charge in [-0.25, -0.2) is 5.84 Å². The molecule has 16 heavy (non-hydrogen) atoms. The Morgan fingerprint density at radius 3 is 1.75 bits per heavy atom. The summed E-state index contributed by atoms with van der Waals surface area (Å²) in [5, 5.41) is 0. The molecule has 0 aliphatic rings. The van der Waals surface area contributed by atoms with Gasteiger partial charge in [0, 0.05) is 0 Å². The van der Waals surface area contributed by atoms with Gasteiger partial charge in [0.15, 0.2) is 0 Å². The molecule has 0 radical (unpaired) electrons. The van der Waals surface area contributed by atoms with E-state index in [0.29, 0.717) is 16.6 Å². The predicted molar refractivity (Wildman–Crippen MR) is 69.3 cm³/mol. The summed E-state index contributed by atoms with van der Waals surface area (Å²) in [5.74, 6) is 4.81. The summed E-state index contributed by atoms with van der Waals surface area (Å²) >= 11 is 0. The molecule has 1 amide bonds. The molecule has 0 atom stereocenters. The number of hydrazine groups is 1. The molecule has 0 aromatic heterocycles. The first kappa shape index (κ1) is 15.6. The molecule has 0 bridgehead atoms. The van der Waals surface area contributed by atoms with E-state index in [0.717, 1.165) is 0 Å². The van der Waals surface area contributed by atoms with Crippen LogP contribution in [0.5, 0.6) is 0 Å². The van der Waals surface area contributed by atoms with Crippen LogP contribution in [0.2, 0.25) is 16.6 Å². The fourth-order valence-electron chi connectivity index (χ4n) is 2.73. The zero-order valence-corrected chi connectivity index (χ0v) is 12.3. The monoisotopic (exact) mass is 246 g/mol. The van der Waals surface area contributed by atoms with Crippen LogP contribution in [0.15, 0.2) is 0 Å². The Labute approximate surface area is 100 Å². The van der Waals surface area contributed by atoms with E-state index in [1.165, 1.54) is 0 Å². The second-order valence-electron chi connectivity index (χ2n) is 5.17. The van der Waals surface area contributed by atoms with Gasteiger partial charge in [0.25, 0.3) is 5.91 Å². The molecule has 0 fully saturated rings. The first-order valence-electron chi connectivity index (χ1n) is 5.92. The zero-order chi connectivity index (χ0) is 12.9. The molecule has 0 aliphatic carbocycles. The Bertz CT molecular complexity index is 208. The third kappa shape index (κ3) is 3.30. The lowest BCUT2D eigenvalue weighted by Crippen LogP contribution is -2.50. The maximum Gasteiger partial charge on any atom is 0.258 e. The van der Waals surface area contributed by atoms with E-state index in [1.807, 2.05) is 0 Å². The third-order valence-corrected chi connectivity index (χ3v) is 9.38. The minimum Gasteiger partial charge on any atom is -0.407 e. The summed E-state index contributed by atoms with van der Waals surface area (Å²) in [6, 6.07) is 0. The Morgan fingerprint density at radius 2 is 1.50 bits per heavy atom. The highest BCUT2D eigenvalue weighted by Crippen LogP contribution is 2.41. The largest absolute Gasteiger partial charge is 0.407 e. The summed E-state index contributed by atoms with van der Waals surface area (Å²) in [7, 11) is -1.92. The Hall–Kier alpha value is -0.393. The quantitative estimate of drug-likeness (QED) is 0.327. The fraction of sp³-hybridized carbons (Fsp3) is 0.909. The maximum absolute atomic E-state index is 11.2. The van der Waals surface area contributed by atoms with Gasteiger partial charge in [-0.1, -0.05) is 41.5 Å². The van der Waals surface area contributed by atoms with Crippen molar-refractivity contribution in [2.24, 2.45) is 5.84 Å². The summed E-state index contributed by atoms with van der Waals surface area (Å²) in [5.41, 5.74) is 3.57. The van der Waals surface area contributed by atoms with Gasteiger partial charge in [-0.3, -0.25) is 10.2 Å². The van der Waals surface area contributed by atoms with Crippen molar-refractivity contribution < 1.29 is 9.22 Å². The highest BCUT2D eigenvalue weighted by Gasteiger charge is 2.45. The van der Waals surface area contributed by atoms with E-state index in [-0.39, 0.29) is 12.5 Å². The van der Waals surface area contributed by atoms with Crippen molar-refractivity contribution in [2.75, 3.05) is 6.61 Å². The van der Waals surface area contributed by atoms with E-state index in [9.17, 15) is 4.79 Å². The first-order valence-corrected chi connectivity index (χ1v) is 8.06. The van der Waals surface area contributed by atoms with Gasteiger partial charge in [0.2, 0.25) is 8.32 Å². The van der Waals surface area contributed by atoms with Crippen LogP contribution in [0.25, 0.3) is 0 Å². The van der Waals surface area contributed by atoms with Gasteiger partial charge in [0.05, 0.1) is 0 Å². The fourth-order valence-corrected chi connectivity index (χ4v) is 8.11. The molecule has 96 valence electrons. The molecule has 0 heterocycles. The maximum atomic E-state index is 11.2. The summed E-state index contributed by atoms with van der Waals surface area (Å²) < 4.78 is 6.01. The lowest BCUT2D eigenvalue weighted by Gasteiger charge is -2.41. The first-order chi connectivity index (χ1) is 7.28. The highest BCUT2D eigenvalue weighted by atomic mass is 28.4. The molecule has 0 aromatic carbocycles. The van der Waals surface area contributed by atoms with E-state index >= 15 is 0 Å². The molecular formula is C11H26N2O2Si. The Morgan fingerprint density at radius 1 is 1.12 bits per heavy atom. The van der Waals surface area contributed by atoms with Gasteiger partial charge < -0.3 is 4.43 Å². The van der Waals surface area contributed by atoms with Crippen LogP contribution in [0.4, 0.5) is 0 Å². The van der Waals surface area contributed by atoms with Crippen molar-refractivity contribution in [1.29, 1.82) is 0 Å². The molecule has 0 rings (SSSR count). The van der Waals surface area contributed by atoms with E-state index in [4.69, 9.17) is 10.3 Å². The van der Waals surface area contributed by atoms with E-state index in [2.05, 4.69) is 47.0 Å². The van der Waals surface area contributed by atoms with Crippen molar-refractivity contribution in [1.82, 2.24) is 5.43 Å². The lowest BCUT2D eigenvalue weighted by molar-refractivity contribution is -0.123. The third-order valence-electron chi connectivity index (χ3n) is 3.32. The molecule has 0 saturated carbocycles. The molecule has 4 nitrogen and oxygen atoms in total. The van der Waals surface area contributed by atoms with Crippen LogP contribution in [-0.4, -0.2) is 20.8 Å². The number of rotatable bonds is 6. The number of amides is 1. The van der Waals surface area contributed by atoms with E-state index in [1.54, 1.807) is 0 Å². The van der Waals surface area contributed by atoms with Gasteiger partial charge in [-0.05, 0) is 16.6 Å². The van der Waals surface area contributed by atoms with Crippen molar-refractivity contribution >= 4 is 14.2 Å². The normalized spacial score (nSPS) is 12.6. The molecule has 0 spiro atoms. The van der Waals surface area contributed by atoms with Crippen LogP contribution in [-0.2, 0) is 9.22 Å². The van der Waals surface area contributed by atoms with Crippen LogP contribution in [0, 0.1) is 0 Å². The summed E-state index contributed by atoms with van der Waals surface area (Å²) in [6.07, 6.45) is 0. The van der Waals surface area contributed by atoms with Gasteiger partial charge in [-0.15, -0.1) is 0 Å². The van der Waals surface area contributed by atoms with Crippen LogP contribution >= 0.6 is 0 Å². The Kier molecular flexibility index (Phi) is 6.21. The number of nitrogens with one attached hydrogen (secondary N) is 1. The smallest absolute Gasteiger partial charge is 0.258 e. The second kappa shape index (κ2) is 6.37. The molecule has 0 unspecified atom stereocenters. The van der Waals surface area contributed by atoms with Crippen molar-refractivity contribution in [2.45, 2.75) is 58.2 Å². The number of carbonyl (C=O) groups is 1. The van der Waals surface area contributed by atoms with Crippen LogP contribution < -0.4 is 11.3 Å². The number of nitrogens with two attached hydrogens (primary N) is 1. The standard InChI is InChI=1S/C11H26N2O2Si/c1-8(2)16(9(3)4,10(5)6)15-7-11(14)13-12/h8-10H,7,12H2,1-6H3,(H,13,14). The SMILES string of the molecule is CC(C)[Si](OCC(=O)NN)(C(C)C)C(C)C.